The smallest absolute Gasteiger partial charge is 0.321 e. The lowest BCUT2D eigenvalue weighted by Crippen LogP contribution is -2.12. The average Bonchev–Trinajstić information content (AvgIpc) is 3.06. The minimum Gasteiger partial charge on any atom is -0.321 e. The van der Waals surface area contributed by atoms with E-state index in [1.165, 1.54) is 23.5 Å². The van der Waals surface area contributed by atoms with E-state index in [2.05, 4.69) is 10.3 Å². The van der Waals surface area contributed by atoms with Crippen LogP contribution < -0.4 is 5.32 Å². The van der Waals surface area contributed by atoms with Crippen molar-refractivity contribution in [3.8, 4) is 0 Å². The predicted molar refractivity (Wildman–Crippen MR) is 101 cm³/mol. The lowest BCUT2D eigenvalue weighted by molar-refractivity contribution is -0.137. The van der Waals surface area contributed by atoms with Crippen molar-refractivity contribution in [2.75, 3.05) is 5.32 Å². The number of rotatable bonds is 4. The Bertz CT molecular complexity index is 989. The molecular formula is C18H11Cl2F3N2OS. The van der Waals surface area contributed by atoms with E-state index in [9.17, 15) is 18.0 Å². The summed E-state index contributed by atoms with van der Waals surface area (Å²) in [5, 5.41) is 5.40. The largest absolute Gasteiger partial charge is 0.416 e. The van der Waals surface area contributed by atoms with E-state index in [0.717, 1.165) is 12.1 Å². The fourth-order valence-corrected chi connectivity index (χ4v) is 3.40. The summed E-state index contributed by atoms with van der Waals surface area (Å²) >= 11 is 12.9. The van der Waals surface area contributed by atoms with Gasteiger partial charge < -0.3 is 5.32 Å². The molecule has 2 aromatic carbocycles. The summed E-state index contributed by atoms with van der Waals surface area (Å²) in [6.45, 7) is 0. The molecule has 1 aromatic heterocycles. The van der Waals surface area contributed by atoms with Crippen LogP contribution in [0.25, 0.3) is 0 Å². The topological polar surface area (TPSA) is 42.0 Å². The lowest BCUT2D eigenvalue weighted by Gasteiger charge is -2.07. The number of anilines is 1. The van der Waals surface area contributed by atoms with Gasteiger partial charge in [-0.3, -0.25) is 4.79 Å². The van der Waals surface area contributed by atoms with Crippen molar-refractivity contribution in [1.29, 1.82) is 0 Å². The maximum absolute atomic E-state index is 12.8. The van der Waals surface area contributed by atoms with Gasteiger partial charge in [0.25, 0.3) is 5.91 Å². The highest BCUT2D eigenvalue weighted by molar-refractivity contribution is 7.09. The Morgan fingerprint density at radius 3 is 2.59 bits per heavy atom. The van der Waals surface area contributed by atoms with Crippen molar-refractivity contribution in [3.05, 3.63) is 79.7 Å². The van der Waals surface area contributed by atoms with Gasteiger partial charge in [-0.05, 0) is 29.8 Å². The maximum atomic E-state index is 12.8. The van der Waals surface area contributed by atoms with Gasteiger partial charge in [-0.1, -0.05) is 41.4 Å². The van der Waals surface area contributed by atoms with Crippen molar-refractivity contribution >= 4 is 46.1 Å². The first-order valence-electron chi connectivity index (χ1n) is 7.59. The molecule has 0 aliphatic rings. The molecule has 3 aromatic rings. The van der Waals surface area contributed by atoms with Crippen LogP contribution in [0.15, 0.2) is 47.8 Å². The Balaban J connectivity index is 1.71. The lowest BCUT2D eigenvalue weighted by atomic mass is 10.1. The second-order valence-corrected chi connectivity index (χ2v) is 7.34. The van der Waals surface area contributed by atoms with E-state index >= 15 is 0 Å². The fraction of sp³-hybridized carbons (Fsp3) is 0.111. The minimum atomic E-state index is -4.40. The summed E-state index contributed by atoms with van der Waals surface area (Å²) in [5.41, 5.74) is 0.389. The van der Waals surface area contributed by atoms with Gasteiger partial charge in [-0.15, -0.1) is 11.3 Å². The first kappa shape index (κ1) is 19.7. The molecule has 0 radical (unpaired) electrons. The third kappa shape index (κ3) is 5.00. The second-order valence-electron chi connectivity index (χ2n) is 5.58. The molecule has 27 heavy (non-hydrogen) atoms. The predicted octanol–water partition coefficient (Wildman–Crippen LogP) is 6.31. The number of nitrogens with one attached hydrogen (secondary N) is 1. The van der Waals surface area contributed by atoms with E-state index in [1.54, 1.807) is 23.6 Å². The Morgan fingerprint density at radius 1 is 1.11 bits per heavy atom. The molecule has 0 saturated carbocycles. The van der Waals surface area contributed by atoms with E-state index in [4.69, 9.17) is 23.2 Å². The standard InChI is InChI=1S/C18H11Cl2F3N2OS/c19-13-5-4-12(8-14(13)20)24-17(26)15-9-27-16(25-15)7-10-2-1-3-11(6-10)18(21,22)23/h1-6,8-9H,7H2,(H,24,26). The van der Waals surface area contributed by atoms with E-state index in [0.29, 0.717) is 26.3 Å². The number of nitrogens with zero attached hydrogens (tertiary/aromatic N) is 1. The van der Waals surface area contributed by atoms with E-state index in [1.807, 2.05) is 0 Å². The Hall–Kier alpha value is -2.09. The van der Waals surface area contributed by atoms with Crippen molar-refractivity contribution in [1.82, 2.24) is 4.98 Å². The molecule has 3 rings (SSSR count). The van der Waals surface area contributed by atoms with Gasteiger partial charge in [-0.2, -0.15) is 13.2 Å². The molecule has 0 fully saturated rings. The van der Waals surface area contributed by atoms with Crippen LogP contribution in [0, 0.1) is 0 Å². The highest BCUT2D eigenvalue weighted by Crippen LogP contribution is 2.30. The second kappa shape index (κ2) is 7.88. The van der Waals surface area contributed by atoms with Crippen molar-refractivity contribution in [2.45, 2.75) is 12.6 Å². The maximum Gasteiger partial charge on any atom is 0.416 e. The van der Waals surface area contributed by atoms with Gasteiger partial charge in [0.1, 0.15) is 5.69 Å². The van der Waals surface area contributed by atoms with Crippen molar-refractivity contribution in [2.24, 2.45) is 0 Å². The number of carbonyl (C=O) groups is 1. The van der Waals surface area contributed by atoms with Crippen LogP contribution in [-0.4, -0.2) is 10.9 Å². The monoisotopic (exact) mass is 430 g/mol. The molecule has 0 unspecified atom stereocenters. The molecular weight excluding hydrogens is 420 g/mol. The average molecular weight is 431 g/mol. The highest BCUT2D eigenvalue weighted by Gasteiger charge is 2.30. The molecule has 1 amide bonds. The van der Waals surface area contributed by atoms with Crippen LogP contribution >= 0.6 is 34.5 Å². The van der Waals surface area contributed by atoms with Crippen molar-refractivity contribution < 1.29 is 18.0 Å². The molecule has 0 aliphatic heterocycles. The van der Waals surface area contributed by atoms with Crippen LogP contribution in [0.4, 0.5) is 18.9 Å². The summed E-state index contributed by atoms with van der Waals surface area (Å²) in [6.07, 6.45) is -4.20. The van der Waals surface area contributed by atoms with Gasteiger partial charge in [0.15, 0.2) is 0 Å². The number of hydrogen-bond acceptors (Lipinski definition) is 3. The normalized spacial score (nSPS) is 11.4. The number of aromatic nitrogens is 1. The number of benzene rings is 2. The first-order chi connectivity index (χ1) is 12.7. The number of thiazole rings is 1. The molecule has 0 aliphatic carbocycles. The van der Waals surface area contributed by atoms with Crippen LogP contribution in [0.2, 0.25) is 10.0 Å². The molecule has 0 spiro atoms. The van der Waals surface area contributed by atoms with Gasteiger partial charge in [-0.25, -0.2) is 4.98 Å². The quantitative estimate of drug-likeness (QED) is 0.526. The number of halogens is 5. The fourth-order valence-electron chi connectivity index (χ4n) is 2.30. The highest BCUT2D eigenvalue weighted by atomic mass is 35.5. The van der Waals surface area contributed by atoms with E-state index in [-0.39, 0.29) is 12.1 Å². The summed E-state index contributed by atoms with van der Waals surface area (Å²) in [6, 6.07) is 9.70. The molecule has 0 saturated heterocycles. The number of hydrogen-bond donors (Lipinski definition) is 1. The van der Waals surface area contributed by atoms with Crippen LogP contribution in [0.1, 0.15) is 26.6 Å². The van der Waals surface area contributed by atoms with Gasteiger partial charge in [0.2, 0.25) is 0 Å². The molecule has 9 heteroatoms. The zero-order valence-corrected chi connectivity index (χ0v) is 15.8. The third-order valence-electron chi connectivity index (χ3n) is 3.57. The van der Waals surface area contributed by atoms with Gasteiger partial charge in [0.05, 0.1) is 20.6 Å². The third-order valence-corrected chi connectivity index (χ3v) is 5.16. The Morgan fingerprint density at radius 2 is 1.89 bits per heavy atom. The summed E-state index contributed by atoms with van der Waals surface area (Å²) in [7, 11) is 0. The Labute approximate surface area is 166 Å². The van der Waals surface area contributed by atoms with Crippen LogP contribution in [-0.2, 0) is 12.6 Å². The zero-order valence-electron chi connectivity index (χ0n) is 13.5. The molecule has 3 nitrogen and oxygen atoms in total. The molecule has 0 atom stereocenters. The SMILES string of the molecule is O=C(Nc1ccc(Cl)c(Cl)c1)c1csc(Cc2cccc(C(F)(F)F)c2)n1. The first-order valence-corrected chi connectivity index (χ1v) is 9.23. The Kier molecular flexibility index (Phi) is 5.74. The van der Waals surface area contributed by atoms with E-state index < -0.39 is 17.6 Å². The number of amides is 1. The molecule has 140 valence electrons. The number of carbonyl (C=O) groups excluding carboxylic acids is 1. The zero-order chi connectivity index (χ0) is 19.6. The molecule has 0 bridgehead atoms. The van der Waals surface area contributed by atoms with Crippen molar-refractivity contribution in [3.63, 3.8) is 0 Å². The summed E-state index contributed by atoms with van der Waals surface area (Å²) in [5.74, 6) is -0.445. The molecule has 1 N–H and O–H groups in total. The van der Waals surface area contributed by atoms with Gasteiger partial charge >= 0.3 is 6.18 Å². The van der Waals surface area contributed by atoms with Gasteiger partial charge in [0, 0.05) is 17.5 Å². The summed E-state index contributed by atoms with van der Waals surface area (Å²) < 4.78 is 38.4. The molecule has 1 heterocycles. The van der Waals surface area contributed by atoms with Crippen LogP contribution in [0.3, 0.4) is 0 Å². The number of alkyl halides is 3. The summed E-state index contributed by atoms with van der Waals surface area (Å²) in [4.78, 5) is 16.5. The minimum absolute atomic E-state index is 0.174. The van der Waals surface area contributed by atoms with Crippen LogP contribution in [0.5, 0.6) is 0 Å².